The van der Waals surface area contributed by atoms with Gasteiger partial charge in [-0.25, -0.2) is 9.97 Å². The number of halogens is 1. The van der Waals surface area contributed by atoms with Gasteiger partial charge < -0.3 is 11.1 Å². The Morgan fingerprint density at radius 2 is 2.28 bits per heavy atom. The second-order valence-electron chi connectivity index (χ2n) is 5.27. The van der Waals surface area contributed by atoms with Crippen LogP contribution in [0.2, 0.25) is 5.02 Å². The van der Waals surface area contributed by atoms with Crippen LogP contribution in [0, 0.1) is 11.8 Å². The molecule has 1 fully saturated rings. The molecule has 1 aliphatic rings. The van der Waals surface area contributed by atoms with Crippen molar-refractivity contribution in [3.05, 3.63) is 11.3 Å². The Morgan fingerprint density at radius 1 is 1.44 bits per heavy atom. The molecule has 1 aromatic rings. The monoisotopic (exact) mass is 268 g/mol. The highest BCUT2D eigenvalue weighted by Gasteiger charge is 2.18. The van der Waals surface area contributed by atoms with Crippen LogP contribution in [0.3, 0.4) is 0 Å². The summed E-state index contributed by atoms with van der Waals surface area (Å²) in [5, 5.41) is 3.68. The van der Waals surface area contributed by atoms with Crippen molar-refractivity contribution in [2.45, 2.75) is 39.0 Å². The smallest absolute Gasteiger partial charge is 0.150 e. The van der Waals surface area contributed by atoms with Crippen molar-refractivity contribution in [2.24, 2.45) is 11.8 Å². The number of rotatable bonds is 4. The number of hydrogen-bond acceptors (Lipinski definition) is 4. The normalized spacial score (nSPS) is 23.9. The summed E-state index contributed by atoms with van der Waals surface area (Å²) in [5.74, 6) is 2.69. The first-order valence-electron chi connectivity index (χ1n) is 6.66. The standard InChI is InChI=1S/C13H21ClN4/c1-9-3-2-4-10(7-9)5-6-16-13-11(14)12(15)17-8-18-13/h8-10H,2-7H2,1H3,(H3,15,16,17,18). The first kappa shape index (κ1) is 13.4. The largest absolute Gasteiger partial charge is 0.382 e. The van der Waals surface area contributed by atoms with Gasteiger partial charge in [-0.05, 0) is 24.7 Å². The van der Waals surface area contributed by atoms with Gasteiger partial charge in [0.25, 0.3) is 0 Å². The molecule has 1 saturated carbocycles. The van der Waals surface area contributed by atoms with Crippen LogP contribution < -0.4 is 11.1 Å². The first-order chi connectivity index (χ1) is 8.66. The maximum Gasteiger partial charge on any atom is 0.150 e. The molecule has 1 aliphatic carbocycles. The average molecular weight is 269 g/mol. The van der Waals surface area contributed by atoms with Crippen LogP contribution in [0.25, 0.3) is 0 Å². The second kappa shape index (κ2) is 6.23. The zero-order chi connectivity index (χ0) is 13.0. The van der Waals surface area contributed by atoms with Crippen LogP contribution in [0.1, 0.15) is 39.0 Å². The summed E-state index contributed by atoms with van der Waals surface area (Å²) in [4.78, 5) is 7.94. The van der Waals surface area contributed by atoms with E-state index in [9.17, 15) is 0 Å². The zero-order valence-electron chi connectivity index (χ0n) is 10.8. The minimum Gasteiger partial charge on any atom is -0.382 e. The molecule has 0 spiro atoms. The first-order valence-corrected chi connectivity index (χ1v) is 7.04. The van der Waals surface area contributed by atoms with Gasteiger partial charge in [0.15, 0.2) is 0 Å². The highest BCUT2D eigenvalue weighted by Crippen LogP contribution is 2.31. The van der Waals surface area contributed by atoms with E-state index in [1.165, 1.54) is 38.4 Å². The quantitative estimate of drug-likeness (QED) is 0.879. The molecule has 100 valence electrons. The average Bonchev–Trinajstić information content (AvgIpc) is 2.35. The van der Waals surface area contributed by atoms with E-state index in [1.54, 1.807) is 0 Å². The number of nitrogens with zero attached hydrogens (tertiary/aromatic N) is 2. The highest BCUT2D eigenvalue weighted by atomic mass is 35.5. The lowest BCUT2D eigenvalue weighted by molar-refractivity contribution is 0.274. The van der Waals surface area contributed by atoms with Crippen LogP contribution in [-0.4, -0.2) is 16.5 Å². The molecule has 0 aliphatic heterocycles. The van der Waals surface area contributed by atoms with Gasteiger partial charge in [0.1, 0.15) is 23.0 Å². The molecule has 0 aromatic carbocycles. The predicted molar refractivity (Wildman–Crippen MR) is 75.7 cm³/mol. The van der Waals surface area contributed by atoms with Gasteiger partial charge in [0.2, 0.25) is 0 Å². The number of nitrogens with one attached hydrogen (secondary N) is 1. The van der Waals surface area contributed by atoms with E-state index in [1.807, 2.05) is 0 Å². The molecule has 5 heteroatoms. The van der Waals surface area contributed by atoms with Crippen molar-refractivity contribution in [1.82, 2.24) is 9.97 Å². The van der Waals surface area contributed by atoms with E-state index in [0.717, 1.165) is 18.4 Å². The number of nitrogen functional groups attached to an aromatic ring is 1. The predicted octanol–water partition coefficient (Wildman–Crippen LogP) is 3.34. The molecule has 2 atom stereocenters. The molecule has 1 aromatic heterocycles. The number of anilines is 2. The van der Waals surface area contributed by atoms with Crippen molar-refractivity contribution < 1.29 is 0 Å². The number of nitrogens with two attached hydrogens (primary N) is 1. The Morgan fingerprint density at radius 3 is 3.06 bits per heavy atom. The van der Waals surface area contributed by atoms with Gasteiger partial charge in [-0.15, -0.1) is 0 Å². The van der Waals surface area contributed by atoms with E-state index in [2.05, 4.69) is 22.2 Å². The minimum absolute atomic E-state index is 0.334. The number of aromatic nitrogens is 2. The lowest BCUT2D eigenvalue weighted by Crippen LogP contribution is -2.17. The molecule has 3 N–H and O–H groups in total. The van der Waals surface area contributed by atoms with Crippen LogP contribution >= 0.6 is 11.6 Å². The molecular weight excluding hydrogens is 248 g/mol. The molecule has 1 heterocycles. The fraction of sp³-hybridized carbons (Fsp3) is 0.692. The fourth-order valence-electron chi connectivity index (χ4n) is 2.72. The van der Waals surface area contributed by atoms with Gasteiger partial charge in [-0.2, -0.15) is 0 Å². The molecule has 0 radical (unpaired) electrons. The molecule has 0 bridgehead atoms. The molecule has 4 nitrogen and oxygen atoms in total. The summed E-state index contributed by atoms with van der Waals surface area (Å²) < 4.78 is 0. The lowest BCUT2D eigenvalue weighted by Gasteiger charge is -2.26. The van der Waals surface area contributed by atoms with Crippen LogP contribution in [0.5, 0.6) is 0 Å². The van der Waals surface area contributed by atoms with Crippen molar-refractivity contribution >= 4 is 23.2 Å². The van der Waals surface area contributed by atoms with Crippen LogP contribution in [-0.2, 0) is 0 Å². The Kier molecular flexibility index (Phi) is 4.64. The van der Waals surface area contributed by atoms with Crippen LogP contribution in [0.15, 0.2) is 6.33 Å². The van der Waals surface area contributed by atoms with Crippen molar-refractivity contribution in [3.63, 3.8) is 0 Å². The second-order valence-corrected chi connectivity index (χ2v) is 5.65. The SMILES string of the molecule is CC1CCCC(CCNc2ncnc(N)c2Cl)C1. The topological polar surface area (TPSA) is 63.8 Å². The Balaban J connectivity index is 1.79. The lowest BCUT2D eigenvalue weighted by atomic mass is 9.81. The van der Waals surface area contributed by atoms with E-state index in [4.69, 9.17) is 17.3 Å². The maximum atomic E-state index is 6.03. The van der Waals surface area contributed by atoms with Gasteiger partial charge >= 0.3 is 0 Å². The van der Waals surface area contributed by atoms with Gasteiger partial charge in [-0.1, -0.05) is 37.8 Å². The van der Waals surface area contributed by atoms with Gasteiger partial charge in [-0.3, -0.25) is 0 Å². The molecule has 2 unspecified atom stereocenters. The highest BCUT2D eigenvalue weighted by molar-refractivity contribution is 6.35. The van der Waals surface area contributed by atoms with Crippen molar-refractivity contribution in [1.29, 1.82) is 0 Å². The van der Waals surface area contributed by atoms with Gasteiger partial charge in [0, 0.05) is 6.54 Å². The summed E-state index contributed by atoms with van der Waals surface area (Å²) >= 11 is 6.03. The van der Waals surface area contributed by atoms with E-state index >= 15 is 0 Å². The summed E-state index contributed by atoms with van der Waals surface area (Å²) in [6.07, 6.45) is 8.06. The molecule has 18 heavy (non-hydrogen) atoms. The third-order valence-electron chi connectivity index (χ3n) is 3.71. The Labute approximate surface area is 113 Å². The van der Waals surface area contributed by atoms with Crippen molar-refractivity contribution in [2.75, 3.05) is 17.6 Å². The van der Waals surface area contributed by atoms with E-state index in [-0.39, 0.29) is 0 Å². The molecule has 2 rings (SSSR count). The Hall–Kier alpha value is -1.03. The maximum absolute atomic E-state index is 6.03. The van der Waals surface area contributed by atoms with Gasteiger partial charge in [0.05, 0.1) is 0 Å². The number of hydrogen-bond donors (Lipinski definition) is 2. The molecule has 0 saturated heterocycles. The van der Waals surface area contributed by atoms with E-state index in [0.29, 0.717) is 16.7 Å². The molecular formula is C13H21ClN4. The van der Waals surface area contributed by atoms with Crippen molar-refractivity contribution in [3.8, 4) is 0 Å². The summed E-state index contributed by atoms with van der Waals surface area (Å²) in [6.45, 7) is 3.25. The van der Waals surface area contributed by atoms with E-state index < -0.39 is 0 Å². The fourth-order valence-corrected chi connectivity index (χ4v) is 2.89. The zero-order valence-corrected chi connectivity index (χ0v) is 11.6. The third-order valence-corrected chi connectivity index (χ3v) is 4.08. The van der Waals surface area contributed by atoms with Crippen LogP contribution in [0.4, 0.5) is 11.6 Å². The third kappa shape index (κ3) is 3.48. The summed E-state index contributed by atoms with van der Waals surface area (Å²) in [5.41, 5.74) is 5.63. The summed E-state index contributed by atoms with van der Waals surface area (Å²) in [6, 6.07) is 0. The molecule has 0 amide bonds. The Bertz CT molecular complexity index is 397. The minimum atomic E-state index is 0.334. The summed E-state index contributed by atoms with van der Waals surface area (Å²) in [7, 11) is 0.